The molecule has 1 aromatic rings. The van der Waals surface area contributed by atoms with Gasteiger partial charge >= 0.3 is 0 Å². The van der Waals surface area contributed by atoms with Crippen LogP contribution in [-0.4, -0.2) is 6.72 Å². The van der Waals surface area contributed by atoms with Crippen LogP contribution >= 0.6 is 11.3 Å². The van der Waals surface area contributed by atoms with E-state index in [1.54, 1.807) is 11.3 Å². The second-order valence-electron chi connectivity index (χ2n) is 4.41. The van der Waals surface area contributed by atoms with E-state index in [1.165, 1.54) is 10.5 Å². The van der Waals surface area contributed by atoms with Gasteiger partial charge < -0.3 is 0 Å². The van der Waals surface area contributed by atoms with Crippen molar-refractivity contribution in [1.82, 2.24) is 0 Å². The third kappa shape index (κ3) is 2.55. The first kappa shape index (κ1) is 11.2. The fourth-order valence-electron chi connectivity index (χ4n) is 0.966. The summed E-state index contributed by atoms with van der Waals surface area (Å²) in [5.41, 5.74) is 2.58. The SMILES string of the molecule is C=Nc1ccsc1/C=C(\C)C(C)(C)C. The summed E-state index contributed by atoms with van der Waals surface area (Å²) in [5.74, 6) is 0. The summed E-state index contributed by atoms with van der Waals surface area (Å²) in [7, 11) is 0. The minimum atomic E-state index is 0.225. The maximum Gasteiger partial charge on any atom is 0.0802 e. The molecule has 1 nitrogen and oxygen atoms in total. The van der Waals surface area contributed by atoms with Crippen LogP contribution < -0.4 is 0 Å². The zero-order chi connectivity index (χ0) is 10.8. The van der Waals surface area contributed by atoms with Crippen LogP contribution in [0.25, 0.3) is 6.08 Å². The molecule has 0 unspecified atom stereocenters. The Balaban J connectivity index is 3.03. The summed E-state index contributed by atoms with van der Waals surface area (Å²) < 4.78 is 0. The van der Waals surface area contributed by atoms with Crippen molar-refractivity contribution in [2.24, 2.45) is 10.4 Å². The van der Waals surface area contributed by atoms with Crippen molar-refractivity contribution in [3.63, 3.8) is 0 Å². The summed E-state index contributed by atoms with van der Waals surface area (Å²) >= 11 is 1.71. The number of allylic oxidation sites excluding steroid dienone is 1. The highest BCUT2D eigenvalue weighted by atomic mass is 32.1. The summed E-state index contributed by atoms with van der Waals surface area (Å²) in [6, 6.07) is 2.00. The van der Waals surface area contributed by atoms with Crippen molar-refractivity contribution >= 4 is 29.8 Å². The van der Waals surface area contributed by atoms with Crippen LogP contribution in [-0.2, 0) is 0 Å². The van der Waals surface area contributed by atoms with E-state index in [0.29, 0.717) is 0 Å². The van der Waals surface area contributed by atoms with Crippen LogP contribution in [0.15, 0.2) is 22.0 Å². The average Bonchev–Trinajstić information content (AvgIpc) is 2.50. The molecule has 0 atom stereocenters. The molecule has 0 aliphatic carbocycles. The molecule has 1 heterocycles. The van der Waals surface area contributed by atoms with Gasteiger partial charge in [-0.2, -0.15) is 0 Å². The molecule has 0 N–H and O–H groups in total. The van der Waals surface area contributed by atoms with Crippen LogP contribution in [0.5, 0.6) is 0 Å². The van der Waals surface area contributed by atoms with Gasteiger partial charge in [0.15, 0.2) is 0 Å². The minimum absolute atomic E-state index is 0.225. The lowest BCUT2D eigenvalue weighted by Gasteiger charge is -2.19. The first-order valence-corrected chi connectivity index (χ1v) is 5.56. The fraction of sp³-hybridized carbons (Fsp3) is 0.417. The Morgan fingerprint density at radius 1 is 1.50 bits per heavy atom. The largest absolute Gasteiger partial charge is 0.263 e. The highest BCUT2D eigenvalue weighted by molar-refractivity contribution is 7.11. The van der Waals surface area contributed by atoms with Crippen LogP contribution in [0.2, 0.25) is 0 Å². The van der Waals surface area contributed by atoms with E-state index in [1.807, 2.05) is 11.4 Å². The third-order valence-corrected chi connectivity index (χ3v) is 3.23. The van der Waals surface area contributed by atoms with E-state index in [0.717, 1.165) is 5.69 Å². The van der Waals surface area contributed by atoms with Gasteiger partial charge in [-0.1, -0.05) is 26.3 Å². The van der Waals surface area contributed by atoms with E-state index in [9.17, 15) is 0 Å². The van der Waals surface area contributed by atoms with Crippen molar-refractivity contribution in [2.45, 2.75) is 27.7 Å². The van der Waals surface area contributed by atoms with E-state index in [4.69, 9.17) is 0 Å². The number of hydrogen-bond donors (Lipinski definition) is 0. The van der Waals surface area contributed by atoms with E-state index in [-0.39, 0.29) is 5.41 Å². The maximum absolute atomic E-state index is 3.98. The van der Waals surface area contributed by atoms with Gasteiger partial charge in [-0.05, 0) is 36.6 Å². The van der Waals surface area contributed by atoms with Crippen LogP contribution in [0.1, 0.15) is 32.6 Å². The summed E-state index contributed by atoms with van der Waals surface area (Å²) in [6.45, 7) is 12.4. The molecule has 14 heavy (non-hydrogen) atoms. The predicted octanol–water partition coefficient (Wildman–Crippen LogP) is 4.53. The van der Waals surface area contributed by atoms with Gasteiger partial charge in [-0.25, -0.2) is 0 Å². The van der Waals surface area contributed by atoms with Crippen molar-refractivity contribution in [2.75, 3.05) is 0 Å². The molecule has 0 bridgehead atoms. The Kier molecular flexibility index (Phi) is 3.27. The Bertz CT molecular complexity index is 353. The first-order valence-electron chi connectivity index (χ1n) is 4.68. The second kappa shape index (κ2) is 4.09. The van der Waals surface area contributed by atoms with Crippen LogP contribution in [0, 0.1) is 5.41 Å². The van der Waals surface area contributed by atoms with Crippen LogP contribution in [0.3, 0.4) is 0 Å². The Morgan fingerprint density at radius 3 is 2.64 bits per heavy atom. The van der Waals surface area contributed by atoms with E-state index < -0.39 is 0 Å². The van der Waals surface area contributed by atoms with Crippen molar-refractivity contribution in [3.8, 4) is 0 Å². The van der Waals surface area contributed by atoms with E-state index in [2.05, 4.69) is 45.5 Å². The normalized spacial score (nSPS) is 13.0. The van der Waals surface area contributed by atoms with Gasteiger partial charge in [0.25, 0.3) is 0 Å². The first-order chi connectivity index (χ1) is 6.45. The molecule has 0 radical (unpaired) electrons. The number of rotatable bonds is 2. The van der Waals surface area contributed by atoms with Crippen molar-refractivity contribution in [1.29, 1.82) is 0 Å². The van der Waals surface area contributed by atoms with Gasteiger partial charge in [-0.15, -0.1) is 11.3 Å². The molecule has 76 valence electrons. The molecule has 0 aromatic carbocycles. The Morgan fingerprint density at radius 2 is 2.14 bits per heavy atom. The van der Waals surface area contributed by atoms with Gasteiger partial charge in [0, 0.05) is 0 Å². The molecule has 2 heteroatoms. The number of thiophene rings is 1. The van der Waals surface area contributed by atoms with Crippen molar-refractivity contribution in [3.05, 3.63) is 21.9 Å². The molecular weight excluding hydrogens is 190 g/mol. The van der Waals surface area contributed by atoms with Crippen LogP contribution in [0.4, 0.5) is 5.69 Å². The smallest absolute Gasteiger partial charge is 0.0802 e. The summed E-state index contributed by atoms with van der Waals surface area (Å²) in [4.78, 5) is 5.18. The molecule has 0 aliphatic rings. The Hall–Kier alpha value is -0.890. The Labute approximate surface area is 90.2 Å². The number of hydrogen-bond acceptors (Lipinski definition) is 2. The highest BCUT2D eigenvalue weighted by Crippen LogP contribution is 2.32. The monoisotopic (exact) mass is 207 g/mol. The van der Waals surface area contributed by atoms with E-state index >= 15 is 0 Å². The molecule has 0 saturated carbocycles. The molecule has 0 saturated heterocycles. The molecule has 0 aliphatic heterocycles. The predicted molar refractivity (Wildman–Crippen MR) is 66.6 cm³/mol. The maximum atomic E-state index is 3.98. The zero-order valence-corrected chi connectivity index (χ0v) is 10.1. The zero-order valence-electron chi connectivity index (χ0n) is 9.29. The topological polar surface area (TPSA) is 12.4 Å². The second-order valence-corrected chi connectivity index (χ2v) is 5.35. The van der Waals surface area contributed by atoms with Gasteiger partial charge in [0.1, 0.15) is 0 Å². The van der Waals surface area contributed by atoms with Gasteiger partial charge in [-0.3, -0.25) is 4.99 Å². The number of aliphatic imine (C=N–C) groups is 1. The minimum Gasteiger partial charge on any atom is -0.263 e. The quantitative estimate of drug-likeness (QED) is 0.632. The molecule has 0 fully saturated rings. The number of nitrogens with zero attached hydrogens (tertiary/aromatic N) is 1. The molecule has 0 spiro atoms. The molecule has 0 amide bonds. The summed E-state index contributed by atoms with van der Waals surface area (Å²) in [6.07, 6.45) is 2.20. The fourth-order valence-corrected chi connectivity index (χ4v) is 1.81. The van der Waals surface area contributed by atoms with Gasteiger partial charge in [0.05, 0.1) is 10.6 Å². The summed E-state index contributed by atoms with van der Waals surface area (Å²) in [5, 5.41) is 2.05. The molecular formula is C12H17NS. The average molecular weight is 207 g/mol. The van der Waals surface area contributed by atoms with Gasteiger partial charge in [0.2, 0.25) is 0 Å². The lowest BCUT2D eigenvalue weighted by Crippen LogP contribution is -2.05. The lowest BCUT2D eigenvalue weighted by molar-refractivity contribution is 0.508. The lowest BCUT2D eigenvalue weighted by atomic mass is 9.87. The standard InChI is InChI=1S/C12H17NS/c1-9(12(2,3)4)8-11-10(13-5)6-7-14-11/h6-8H,5H2,1-4H3/b9-8+. The molecule has 1 rings (SSSR count). The van der Waals surface area contributed by atoms with Crippen molar-refractivity contribution < 1.29 is 0 Å². The third-order valence-electron chi connectivity index (χ3n) is 2.37. The molecule has 1 aromatic heterocycles. The highest BCUT2D eigenvalue weighted by Gasteiger charge is 2.13.